The van der Waals surface area contributed by atoms with Crippen LogP contribution in [0.25, 0.3) is 10.2 Å². The van der Waals surface area contributed by atoms with Crippen molar-refractivity contribution in [3.63, 3.8) is 0 Å². The van der Waals surface area contributed by atoms with Gasteiger partial charge in [0.1, 0.15) is 4.21 Å². The van der Waals surface area contributed by atoms with Crippen LogP contribution in [0.4, 0.5) is 5.13 Å². The van der Waals surface area contributed by atoms with E-state index in [-0.39, 0.29) is 0 Å². The molecule has 3 rings (SSSR count). The van der Waals surface area contributed by atoms with Gasteiger partial charge in [0.25, 0.3) is 10.0 Å². The number of benzene rings is 1. The van der Waals surface area contributed by atoms with E-state index >= 15 is 0 Å². The van der Waals surface area contributed by atoms with Crippen LogP contribution in [-0.4, -0.2) is 13.4 Å². The number of hydrogen-bond acceptors (Lipinski definition) is 5. The summed E-state index contributed by atoms with van der Waals surface area (Å²) < 4.78 is 27.9. The molecule has 0 aliphatic rings. The predicted octanol–water partition coefficient (Wildman–Crippen LogP) is 3.47. The fraction of sp³-hybridized carbons (Fsp3) is 0.0833. The van der Waals surface area contributed by atoms with Crippen molar-refractivity contribution in [2.24, 2.45) is 0 Å². The van der Waals surface area contributed by atoms with Gasteiger partial charge in [-0.15, -0.1) is 11.3 Å². The lowest BCUT2D eigenvalue weighted by Gasteiger charge is -2.00. The van der Waals surface area contributed by atoms with E-state index in [2.05, 4.69) is 9.71 Å². The van der Waals surface area contributed by atoms with Gasteiger partial charge in [0.05, 0.1) is 10.2 Å². The number of nitrogens with zero attached hydrogens (tertiary/aromatic N) is 1. The fourth-order valence-corrected chi connectivity index (χ4v) is 4.85. The molecule has 4 nitrogen and oxygen atoms in total. The van der Waals surface area contributed by atoms with Gasteiger partial charge >= 0.3 is 0 Å². The minimum absolute atomic E-state index is 0.294. The number of thiophene rings is 1. The summed E-state index contributed by atoms with van der Waals surface area (Å²) in [5, 5.41) is 2.13. The largest absolute Gasteiger partial charge is 0.273 e. The minimum Gasteiger partial charge on any atom is -0.254 e. The quantitative estimate of drug-likeness (QED) is 0.806. The van der Waals surface area contributed by atoms with E-state index in [1.54, 1.807) is 17.5 Å². The van der Waals surface area contributed by atoms with Gasteiger partial charge in [-0.05, 0) is 36.1 Å². The lowest BCUT2D eigenvalue weighted by Crippen LogP contribution is -2.10. The van der Waals surface area contributed by atoms with Crippen molar-refractivity contribution >= 4 is 48.0 Å². The van der Waals surface area contributed by atoms with E-state index in [0.717, 1.165) is 15.8 Å². The van der Waals surface area contributed by atoms with Crippen LogP contribution >= 0.6 is 22.7 Å². The molecule has 19 heavy (non-hydrogen) atoms. The number of aryl methyl sites for hydroxylation is 1. The van der Waals surface area contributed by atoms with Crippen molar-refractivity contribution in [3.8, 4) is 0 Å². The summed E-state index contributed by atoms with van der Waals surface area (Å²) in [7, 11) is -3.51. The maximum atomic E-state index is 12.1. The van der Waals surface area contributed by atoms with E-state index in [1.807, 2.05) is 25.1 Å². The third-order valence-electron chi connectivity index (χ3n) is 2.53. The maximum absolute atomic E-state index is 12.1. The predicted molar refractivity (Wildman–Crippen MR) is 79.5 cm³/mol. The van der Waals surface area contributed by atoms with Crippen LogP contribution < -0.4 is 4.72 Å². The first-order valence-corrected chi connectivity index (χ1v) is 8.66. The highest BCUT2D eigenvalue weighted by Crippen LogP contribution is 2.29. The molecule has 0 saturated heterocycles. The number of nitrogens with one attached hydrogen (secondary N) is 1. The SMILES string of the molecule is Cc1ccc2nc(NS(=O)(=O)c3cccs3)sc2c1. The third-order valence-corrected chi connectivity index (χ3v) is 6.32. The number of anilines is 1. The highest BCUT2D eigenvalue weighted by atomic mass is 32.2. The Labute approximate surface area is 118 Å². The zero-order valence-electron chi connectivity index (χ0n) is 9.95. The van der Waals surface area contributed by atoms with Gasteiger partial charge in [-0.1, -0.05) is 23.5 Å². The van der Waals surface area contributed by atoms with E-state index in [9.17, 15) is 8.42 Å². The topological polar surface area (TPSA) is 59.1 Å². The van der Waals surface area contributed by atoms with Crippen molar-refractivity contribution in [1.82, 2.24) is 4.98 Å². The minimum atomic E-state index is -3.51. The van der Waals surface area contributed by atoms with Gasteiger partial charge in [0, 0.05) is 0 Å². The molecule has 0 fully saturated rings. The van der Waals surface area contributed by atoms with Crippen molar-refractivity contribution in [2.75, 3.05) is 4.72 Å². The third kappa shape index (κ3) is 2.49. The Bertz CT molecular complexity index is 820. The van der Waals surface area contributed by atoms with Gasteiger partial charge in [-0.2, -0.15) is 0 Å². The number of fused-ring (bicyclic) bond motifs is 1. The van der Waals surface area contributed by atoms with Crippen LogP contribution in [0.2, 0.25) is 0 Å². The number of aromatic nitrogens is 1. The first-order chi connectivity index (χ1) is 9.04. The van der Waals surface area contributed by atoms with Gasteiger partial charge in [-0.3, -0.25) is 4.72 Å². The first-order valence-electron chi connectivity index (χ1n) is 5.48. The van der Waals surface area contributed by atoms with E-state index in [0.29, 0.717) is 9.34 Å². The second-order valence-corrected chi connectivity index (χ2v) is 7.92. The summed E-state index contributed by atoms with van der Waals surface area (Å²) in [5.41, 5.74) is 1.93. The normalized spacial score (nSPS) is 11.8. The second kappa shape index (κ2) is 4.59. The Kier molecular flexibility index (Phi) is 3.04. The summed E-state index contributed by atoms with van der Waals surface area (Å²) in [4.78, 5) is 4.28. The summed E-state index contributed by atoms with van der Waals surface area (Å²) in [6.45, 7) is 1.99. The average Bonchev–Trinajstić information content (AvgIpc) is 2.95. The van der Waals surface area contributed by atoms with Crippen molar-refractivity contribution in [3.05, 3.63) is 41.3 Å². The fourth-order valence-electron chi connectivity index (χ4n) is 1.66. The summed E-state index contributed by atoms with van der Waals surface area (Å²) in [5.74, 6) is 0. The van der Waals surface area contributed by atoms with Crippen LogP contribution in [0, 0.1) is 6.92 Å². The van der Waals surface area contributed by atoms with E-state index in [4.69, 9.17) is 0 Å². The van der Waals surface area contributed by atoms with Crippen LogP contribution in [0.3, 0.4) is 0 Å². The zero-order valence-corrected chi connectivity index (χ0v) is 12.4. The summed E-state index contributed by atoms with van der Waals surface area (Å²) in [6, 6.07) is 9.13. The van der Waals surface area contributed by atoms with Gasteiger partial charge in [0.15, 0.2) is 5.13 Å². The molecule has 0 spiro atoms. The first kappa shape index (κ1) is 12.6. The molecular weight excluding hydrogens is 300 g/mol. The van der Waals surface area contributed by atoms with Gasteiger partial charge in [0.2, 0.25) is 0 Å². The van der Waals surface area contributed by atoms with Crippen LogP contribution in [0.15, 0.2) is 39.9 Å². The standard InChI is InChI=1S/C12H10N2O2S3/c1-8-4-5-9-10(7-8)18-12(13-9)14-19(15,16)11-3-2-6-17-11/h2-7H,1H3,(H,13,14). The number of sulfonamides is 1. The molecule has 0 aliphatic heterocycles. The van der Waals surface area contributed by atoms with Crippen LogP contribution in [-0.2, 0) is 10.0 Å². The molecule has 1 aromatic carbocycles. The molecule has 2 heterocycles. The van der Waals surface area contributed by atoms with E-state index < -0.39 is 10.0 Å². The highest BCUT2D eigenvalue weighted by molar-refractivity contribution is 7.94. The smallest absolute Gasteiger partial charge is 0.254 e. The Hall–Kier alpha value is -1.44. The van der Waals surface area contributed by atoms with E-state index in [1.165, 1.54) is 22.7 Å². The second-order valence-electron chi connectivity index (χ2n) is 4.03. The molecule has 0 radical (unpaired) electrons. The molecule has 1 N–H and O–H groups in total. The molecule has 2 aromatic heterocycles. The van der Waals surface area contributed by atoms with Crippen molar-refractivity contribution < 1.29 is 8.42 Å². The molecule has 0 bridgehead atoms. The number of thiazole rings is 1. The summed E-state index contributed by atoms with van der Waals surface area (Å²) in [6.07, 6.45) is 0. The molecule has 7 heteroatoms. The molecular formula is C12H10N2O2S3. The zero-order chi connectivity index (χ0) is 13.5. The molecule has 3 aromatic rings. The van der Waals surface area contributed by atoms with Gasteiger partial charge in [-0.25, -0.2) is 13.4 Å². The number of hydrogen-bond donors (Lipinski definition) is 1. The molecule has 0 unspecified atom stereocenters. The summed E-state index contributed by atoms with van der Waals surface area (Å²) >= 11 is 2.52. The lowest BCUT2D eigenvalue weighted by molar-refractivity contribution is 0.603. The Morgan fingerprint density at radius 2 is 2.11 bits per heavy atom. The van der Waals surface area contributed by atoms with Crippen molar-refractivity contribution in [2.45, 2.75) is 11.1 Å². The highest BCUT2D eigenvalue weighted by Gasteiger charge is 2.17. The molecule has 0 aliphatic carbocycles. The van der Waals surface area contributed by atoms with Gasteiger partial charge < -0.3 is 0 Å². The maximum Gasteiger partial charge on any atom is 0.273 e. The monoisotopic (exact) mass is 310 g/mol. The van der Waals surface area contributed by atoms with Crippen molar-refractivity contribution in [1.29, 1.82) is 0 Å². The molecule has 0 amide bonds. The Morgan fingerprint density at radius 1 is 1.26 bits per heavy atom. The molecule has 98 valence electrons. The number of rotatable bonds is 3. The Balaban J connectivity index is 1.98. The van der Waals surface area contributed by atoms with Crippen LogP contribution in [0.1, 0.15) is 5.56 Å². The Morgan fingerprint density at radius 3 is 2.84 bits per heavy atom. The molecule has 0 saturated carbocycles. The van der Waals surface area contributed by atoms with Crippen LogP contribution in [0.5, 0.6) is 0 Å². The molecule has 0 atom stereocenters. The average molecular weight is 310 g/mol. The lowest BCUT2D eigenvalue weighted by atomic mass is 10.2.